The SMILES string of the molecule is O=C(O)c1ccc(CCC[C@@H]2[C@@H](/C=C/c3cc(Cl)nc(CS)c3)[C@H](O)C[C@H]2Cl)s1. The molecule has 4 nitrogen and oxygen atoms in total. The average molecular weight is 472 g/mol. The molecule has 8 heteroatoms. The maximum Gasteiger partial charge on any atom is 0.345 e. The van der Waals surface area contributed by atoms with E-state index >= 15 is 0 Å². The fourth-order valence-electron chi connectivity index (χ4n) is 3.85. The number of aromatic carboxylic acids is 1. The lowest BCUT2D eigenvalue weighted by molar-refractivity contribution is 0.0702. The van der Waals surface area contributed by atoms with Gasteiger partial charge in [-0.15, -0.1) is 22.9 Å². The summed E-state index contributed by atoms with van der Waals surface area (Å²) >= 11 is 18.2. The molecule has 0 aliphatic heterocycles. The first-order valence-electron chi connectivity index (χ1n) is 9.47. The van der Waals surface area contributed by atoms with Crippen molar-refractivity contribution in [1.29, 1.82) is 0 Å². The van der Waals surface area contributed by atoms with E-state index in [1.807, 2.05) is 24.3 Å². The zero-order valence-electron chi connectivity index (χ0n) is 15.7. The summed E-state index contributed by atoms with van der Waals surface area (Å²) in [6.07, 6.45) is 6.68. The van der Waals surface area contributed by atoms with Gasteiger partial charge in [-0.3, -0.25) is 0 Å². The first-order valence-corrected chi connectivity index (χ1v) is 11.7. The Hall–Kier alpha value is -1.05. The highest BCUT2D eigenvalue weighted by atomic mass is 35.5. The van der Waals surface area contributed by atoms with E-state index in [0.717, 1.165) is 35.4 Å². The number of alkyl halides is 1. The summed E-state index contributed by atoms with van der Waals surface area (Å²) in [5.41, 5.74) is 1.73. The highest BCUT2D eigenvalue weighted by Gasteiger charge is 2.39. The van der Waals surface area contributed by atoms with Gasteiger partial charge < -0.3 is 10.2 Å². The number of carboxylic acids is 1. The molecule has 1 saturated carbocycles. The van der Waals surface area contributed by atoms with Crippen LogP contribution < -0.4 is 0 Å². The van der Waals surface area contributed by atoms with Crippen molar-refractivity contribution < 1.29 is 15.0 Å². The van der Waals surface area contributed by atoms with Gasteiger partial charge in [-0.2, -0.15) is 12.6 Å². The fourth-order valence-corrected chi connectivity index (χ4v) is 5.61. The molecule has 2 N–H and O–H groups in total. The van der Waals surface area contributed by atoms with Gasteiger partial charge in [0.05, 0.1) is 11.8 Å². The third-order valence-corrected chi connectivity index (χ3v) is 7.40. The molecule has 2 aromatic rings. The van der Waals surface area contributed by atoms with Gasteiger partial charge in [-0.25, -0.2) is 9.78 Å². The van der Waals surface area contributed by atoms with Crippen molar-refractivity contribution in [2.75, 3.05) is 0 Å². The number of aromatic nitrogens is 1. The molecule has 156 valence electrons. The largest absolute Gasteiger partial charge is 0.477 e. The second kappa shape index (κ2) is 10.3. The third-order valence-electron chi connectivity index (χ3n) is 5.25. The number of carbonyl (C=O) groups is 1. The molecule has 2 aromatic heterocycles. The molecule has 1 fully saturated rings. The normalized spacial score (nSPS) is 24.4. The van der Waals surface area contributed by atoms with Crippen LogP contribution in [0.2, 0.25) is 5.15 Å². The van der Waals surface area contributed by atoms with Crippen LogP contribution in [0.25, 0.3) is 6.08 Å². The predicted molar refractivity (Wildman–Crippen MR) is 122 cm³/mol. The van der Waals surface area contributed by atoms with Gasteiger partial charge in [0.1, 0.15) is 10.0 Å². The molecule has 1 aliphatic rings. The van der Waals surface area contributed by atoms with Gasteiger partial charge in [-0.05, 0) is 61.4 Å². The molecule has 1 aliphatic carbocycles. The molecule has 2 heterocycles. The van der Waals surface area contributed by atoms with E-state index in [0.29, 0.717) is 22.2 Å². The molecule has 0 amide bonds. The minimum Gasteiger partial charge on any atom is -0.477 e. The van der Waals surface area contributed by atoms with Gasteiger partial charge in [0.25, 0.3) is 0 Å². The van der Waals surface area contributed by atoms with Gasteiger partial charge in [0, 0.05) is 21.9 Å². The highest BCUT2D eigenvalue weighted by molar-refractivity contribution is 7.79. The number of pyridine rings is 1. The maximum atomic E-state index is 11.0. The number of thiol groups is 1. The van der Waals surface area contributed by atoms with Gasteiger partial charge in [0.2, 0.25) is 0 Å². The van der Waals surface area contributed by atoms with Crippen LogP contribution in [0.5, 0.6) is 0 Å². The van der Waals surface area contributed by atoms with Crippen LogP contribution >= 0.6 is 47.2 Å². The summed E-state index contributed by atoms with van der Waals surface area (Å²) in [4.78, 5) is 16.6. The summed E-state index contributed by atoms with van der Waals surface area (Å²) < 4.78 is 0. The van der Waals surface area contributed by atoms with Crippen LogP contribution in [0, 0.1) is 11.8 Å². The number of aliphatic hydroxyl groups is 1. The number of halogens is 2. The molecule has 0 aromatic carbocycles. The van der Waals surface area contributed by atoms with E-state index < -0.39 is 12.1 Å². The molecule has 0 saturated heterocycles. The first kappa shape index (κ1) is 22.6. The molecule has 4 atom stereocenters. The minimum absolute atomic E-state index is 0.0261. The smallest absolute Gasteiger partial charge is 0.345 e. The number of hydrogen-bond acceptors (Lipinski definition) is 5. The van der Waals surface area contributed by atoms with Crippen LogP contribution in [0.4, 0.5) is 0 Å². The van der Waals surface area contributed by atoms with Crippen molar-refractivity contribution in [3.05, 3.63) is 56.5 Å². The average Bonchev–Trinajstić information content (AvgIpc) is 3.25. The third kappa shape index (κ3) is 5.98. The molecule has 0 radical (unpaired) electrons. The standard InChI is InChI=1S/C21H23Cl2NO3S2/c22-17-10-18(25)16(6-4-12-8-13(11-28)24-20(23)9-12)15(17)3-1-2-14-5-7-19(29-14)21(26)27/h4-9,15-18,25,28H,1-3,10-11H2,(H,26,27)/b6-4+/t15-,16-,17-,18-/m1/s1. The van der Waals surface area contributed by atoms with Crippen molar-refractivity contribution in [1.82, 2.24) is 4.98 Å². The lowest BCUT2D eigenvalue weighted by Crippen LogP contribution is -2.18. The number of nitrogens with zero attached hydrogens (tertiary/aromatic N) is 1. The zero-order chi connectivity index (χ0) is 21.0. The molecule has 3 rings (SSSR count). The summed E-state index contributed by atoms with van der Waals surface area (Å²) in [5.74, 6) is -0.236. The number of thiophene rings is 1. The zero-order valence-corrected chi connectivity index (χ0v) is 18.9. The van der Waals surface area contributed by atoms with E-state index in [1.165, 1.54) is 11.3 Å². The van der Waals surface area contributed by atoms with Crippen molar-refractivity contribution in [3.63, 3.8) is 0 Å². The Balaban J connectivity index is 1.63. The van der Waals surface area contributed by atoms with E-state index in [2.05, 4.69) is 17.6 Å². The number of aliphatic hydroxyl groups excluding tert-OH is 1. The quantitative estimate of drug-likeness (QED) is 0.267. The number of aryl methyl sites for hydroxylation is 1. The van der Waals surface area contributed by atoms with E-state index in [1.54, 1.807) is 12.1 Å². The topological polar surface area (TPSA) is 70.4 Å². The van der Waals surface area contributed by atoms with Gasteiger partial charge in [-0.1, -0.05) is 23.8 Å². The van der Waals surface area contributed by atoms with E-state index in [4.69, 9.17) is 28.3 Å². The highest BCUT2D eigenvalue weighted by Crippen LogP contribution is 2.40. The fraction of sp³-hybridized carbons (Fsp3) is 0.429. The molecule has 0 unspecified atom stereocenters. The second-order valence-electron chi connectivity index (χ2n) is 7.26. The Labute approximate surface area is 190 Å². The number of rotatable bonds is 8. The van der Waals surface area contributed by atoms with Crippen molar-refractivity contribution in [2.45, 2.75) is 42.9 Å². The van der Waals surface area contributed by atoms with Gasteiger partial charge >= 0.3 is 5.97 Å². The Morgan fingerprint density at radius 1 is 1.38 bits per heavy atom. The first-order chi connectivity index (χ1) is 13.9. The summed E-state index contributed by atoms with van der Waals surface area (Å²) in [5, 5.41) is 19.9. The van der Waals surface area contributed by atoms with Crippen molar-refractivity contribution in [3.8, 4) is 0 Å². The van der Waals surface area contributed by atoms with Crippen LogP contribution in [0.3, 0.4) is 0 Å². The summed E-state index contributed by atoms with van der Waals surface area (Å²) in [7, 11) is 0. The van der Waals surface area contributed by atoms with Crippen molar-refractivity contribution in [2.24, 2.45) is 11.8 Å². The van der Waals surface area contributed by atoms with E-state index in [9.17, 15) is 9.90 Å². The molecular formula is C21H23Cl2NO3S2. The number of hydrogen-bond donors (Lipinski definition) is 3. The van der Waals surface area contributed by atoms with Crippen LogP contribution in [-0.2, 0) is 12.2 Å². The Morgan fingerprint density at radius 2 is 2.17 bits per heavy atom. The Morgan fingerprint density at radius 3 is 2.86 bits per heavy atom. The Bertz CT molecular complexity index is 887. The monoisotopic (exact) mass is 471 g/mol. The Kier molecular flexibility index (Phi) is 8.05. The molecule has 0 spiro atoms. The van der Waals surface area contributed by atoms with Crippen molar-refractivity contribution >= 4 is 59.2 Å². The summed E-state index contributed by atoms with van der Waals surface area (Å²) in [6.45, 7) is 0. The van der Waals surface area contributed by atoms with Crippen LogP contribution in [0.1, 0.15) is 45.1 Å². The van der Waals surface area contributed by atoms with Crippen LogP contribution in [0.15, 0.2) is 30.3 Å². The van der Waals surface area contributed by atoms with Crippen LogP contribution in [-0.4, -0.2) is 32.6 Å². The molecule has 0 bridgehead atoms. The van der Waals surface area contributed by atoms with E-state index in [-0.39, 0.29) is 17.2 Å². The minimum atomic E-state index is -0.886. The number of carboxylic acid groups (broad SMARTS) is 1. The summed E-state index contributed by atoms with van der Waals surface area (Å²) in [6, 6.07) is 7.24. The maximum absolute atomic E-state index is 11.0. The predicted octanol–water partition coefficient (Wildman–Crippen LogP) is 5.57. The van der Waals surface area contributed by atoms with Gasteiger partial charge in [0.15, 0.2) is 0 Å². The molecule has 29 heavy (non-hydrogen) atoms. The second-order valence-corrected chi connectivity index (χ2v) is 9.69. The molecular weight excluding hydrogens is 449 g/mol. The lowest BCUT2D eigenvalue weighted by Gasteiger charge is -2.20. The lowest BCUT2D eigenvalue weighted by atomic mass is 9.89.